The molecule has 0 saturated heterocycles. The molecule has 0 bridgehead atoms. The highest BCUT2D eigenvalue weighted by Crippen LogP contribution is 2.24. The van der Waals surface area contributed by atoms with Crippen molar-refractivity contribution in [2.45, 2.75) is 6.42 Å². The fourth-order valence-corrected chi connectivity index (χ4v) is 1.41. The van der Waals surface area contributed by atoms with Gasteiger partial charge in [-0.3, -0.25) is 9.78 Å². The second-order valence-corrected chi connectivity index (χ2v) is 2.76. The van der Waals surface area contributed by atoms with Crippen molar-refractivity contribution in [3.63, 3.8) is 0 Å². The van der Waals surface area contributed by atoms with E-state index in [4.69, 9.17) is 5.73 Å². The van der Waals surface area contributed by atoms with Gasteiger partial charge in [-0.15, -0.1) is 0 Å². The van der Waals surface area contributed by atoms with Gasteiger partial charge in [-0.25, -0.2) is 0 Å². The second-order valence-electron chi connectivity index (χ2n) is 2.76. The van der Waals surface area contributed by atoms with Gasteiger partial charge >= 0.3 is 0 Å². The predicted octanol–water partition coefficient (Wildman–Crippen LogP) is 0.148. The van der Waals surface area contributed by atoms with Gasteiger partial charge in [-0.2, -0.15) is 0 Å². The van der Waals surface area contributed by atoms with Crippen LogP contribution in [-0.2, 0) is 6.42 Å². The summed E-state index contributed by atoms with van der Waals surface area (Å²) in [6.45, 7) is 0.862. The maximum absolute atomic E-state index is 10.9. The Labute approximate surface area is 69.8 Å². The van der Waals surface area contributed by atoms with Crippen molar-refractivity contribution in [3.8, 4) is 0 Å². The first-order valence-corrected chi connectivity index (χ1v) is 3.79. The van der Waals surface area contributed by atoms with Gasteiger partial charge in [0, 0.05) is 18.9 Å². The molecule has 0 saturated carbocycles. The molecule has 2 rings (SSSR count). The van der Waals surface area contributed by atoms with Crippen LogP contribution < -0.4 is 11.1 Å². The quantitative estimate of drug-likeness (QED) is 0.619. The third kappa shape index (κ3) is 0.922. The molecule has 0 aromatic carbocycles. The van der Waals surface area contributed by atoms with Crippen LogP contribution in [0.25, 0.3) is 0 Å². The highest BCUT2D eigenvalue weighted by atomic mass is 16.1. The molecule has 0 fully saturated rings. The molecule has 0 unspecified atom stereocenters. The molecule has 4 nitrogen and oxygen atoms in total. The van der Waals surface area contributed by atoms with Gasteiger partial charge in [-0.1, -0.05) is 0 Å². The lowest BCUT2D eigenvalue weighted by molar-refractivity contribution is 0.100. The zero-order chi connectivity index (χ0) is 8.55. The third-order valence-electron chi connectivity index (χ3n) is 1.99. The molecule has 4 heteroatoms. The van der Waals surface area contributed by atoms with Crippen molar-refractivity contribution >= 4 is 11.6 Å². The van der Waals surface area contributed by atoms with Crippen molar-refractivity contribution in [1.82, 2.24) is 4.98 Å². The SMILES string of the molecule is NC(=O)c1cncc2c1NCC2. The van der Waals surface area contributed by atoms with E-state index in [2.05, 4.69) is 10.3 Å². The summed E-state index contributed by atoms with van der Waals surface area (Å²) in [5.41, 5.74) is 7.59. The number of hydrogen-bond donors (Lipinski definition) is 2. The van der Waals surface area contributed by atoms with Crippen LogP contribution in [0.15, 0.2) is 12.4 Å². The van der Waals surface area contributed by atoms with Crippen molar-refractivity contribution in [1.29, 1.82) is 0 Å². The number of nitrogens with zero attached hydrogens (tertiary/aromatic N) is 1. The molecule has 0 spiro atoms. The number of nitrogens with one attached hydrogen (secondary N) is 1. The lowest BCUT2D eigenvalue weighted by Gasteiger charge is -2.03. The maximum Gasteiger partial charge on any atom is 0.252 e. The minimum absolute atomic E-state index is 0.422. The number of rotatable bonds is 1. The molecule has 62 valence electrons. The second kappa shape index (κ2) is 2.48. The molecule has 3 N–H and O–H groups in total. The average molecular weight is 163 g/mol. The predicted molar refractivity (Wildman–Crippen MR) is 44.9 cm³/mol. The fourth-order valence-electron chi connectivity index (χ4n) is 1.41. The Kier molecular flexibility index (Phi) is 1.46. The Morgan fingerprint density at radius 2 is 2.42 bits per heavy atom. The number of aromatic nitrogens is 1. The van der Waals surface area contributed by atoms with E-state index in [1.807, 2.05) is 0 Å². The molecular weight excluding hydrogens is 154 g/mol. The summed E-state index contributed by atoms with van der Waals surface area (Å²) in [6.07, 6.45) is 4.19. The van der Waals surface area contributed by atoms with Crippen LogP contribution >= 0.6 is 0 Å². The van der Waals surface area contributed by atoms with Gasteiger partial charge in [0.05, 0.1) is 11.3 Å². The first kappa shape index (κ1) is 7.09. The normalized spacial score (nSPS) is 13.7. The largest absolute Gasteiger partial charge is 0.384 e. The number of amides is 1. The Balaban J connectivity index is 2.56. The minimum Gasteiger partial charge on any atom is -0.384 e. The van der Waals surface area contributed by atoms with E-state index in [0.29, 0.717) is 5.56 Å². The molecule has 2 heterocycles. The number of anilines is 1. The minimum atomic E-state index is -0.422. The Morgan fingerprint density at radius 1 is 1.58 bits per heavy atom. The van der Waals surface area contributed by atoms with Crippen LogP contribution in [0.4, 0.5) is 5.69 Å². The molecule has 0 atom stereocenters. The summed E-state index contributed by atoms with van der Waals surface area (Å²) in [5, 5.41) is 3.11. The van der Waals surface area contributed by atoms with Crippen molar-refractivity contribution < 1.29 is 4.79 Å². The molecule has 1 amide bonds. The topological polar surface area (TPSA) is 68.0 Å². The molecule has 1 aromatic heterocycles. The summed E-state index contributed by atoms with van der Waals surface area (Å²) in [4.78, 5) is 14.8. The summed E-state index contributed by atoms with van der Waals surface area (Å²) >= 11 is 0. The van der Waals surface area contributed by atoms with Crippen LogP contribution in [0.3, 0.4) is 0 Å². The number of carbonyl (C=O) groups is 1. The van der Waals surface area contributed by atoms with E-state index in [1.165, 1.54) is 6.20 Å². The number of carbonyl (C=O) groups excluding carboxylic acids is 1. The Bertz CT molecular complexity index is 335. The van der Waals surface area contributed by atoms with Gasteiger partial charge in [0.25, 0.3) is 5.91 Å². The number of fused-ring (bicyclic) bond motifs is 1. The van der Waals surface area contributed by atoms with Crippen LogP contribution in [0, 0.1) is 0 Å². The molecule has 0 radical (unpaired) electrons. The summed E-state index contributed by atoms with van der Waals surface area (Å²) in [7, 11) is 0. The van der Waals surface area contributed by atoms with Crippen LogP contribution in [-0.4, -0.2) is 17.4 Å². The van der Waals surface area contributed by atoms with Crippen LogP contribution in [0.5, 0.6) is 0 Å². The first-order valence-electron chi connectivity index (χ1n) is 3.79. The van der Waals surface area contributed by atoms with E-state index in [1.54, 1.807) is 6.20 Å². The zero-order valence-electron chi connectivity index (χ0n) is 6.50. The Hall–Kier alpha value is -1.58. The lowest BCUT2D eigenvalue weighted by Crippen LogP contribution is -2.13. The standard InChI is InChI=1S/C8H9N3O/c9-8(12)6-4-10-3-5-1-2-11-7(5)6/h3-4,11H,1-2H2,(H2,9,12). The van der Waals surface area contributed by atoms with E-state index >= 15 is 0 Å². The van der Waals surface area contributed by atoms with Gasteiger partial charge < -0.3 is 11.1 Å². The molecule has 1 aliphatic rings. The number of hydrogen-bond acceptors (Lipinski definition) is 3. The third-order valence-corrected chi connectivity index (χ3v) is 1.99. The monoisotopic (exact) mass is 163 g/mol. The van der Waals surface area contributed by atoms with Gasteiger partial charge in [0.1, 0.15) is 0 Å². The number of pyridine rings is 1. The Morgan fingerprint density at radius 3 is 3.17 bits per heavy atom. The van der Waals surface area contributed by atoms with Gasteiger partial charge in [-0.05, 0) is 12.0 Å². The molecule has 0 aliphatic carbocycles. The highest BCUT2D eigenvalue weighted by molar-refractivity contribution is 5.99. The van der Waals surface area contributed by atoms with Crippen molar-refractivity contribution in [2.24, 2.45) is 5.73 Å². The van der Waals surface area contributed by atoms with Crippen LogP contribution in [0.1, 0.15) is 15.9 Å². The molecular formula is C8H9N3O. The first-order chi connectivity index (χ1) is 5.79. The smallest absolute Gasteiger partial charge is 0.252 e. The highest BCUT2D eigenvalue weighted by Gasteiger charge is 2.16. The molecule has 1 aliphatic heterocycles. The van der Waals surface area contributed by atoms with E-state index in [9.17, 15) is 4.79 Å². The number of nitrogens with two attached hydrogens (primary N) is 1. The number of primary amides is 1. The summed E-state index contributed by atoms with van der Waals surface area (Å²) in [6, 6.07) is 0. The molecule has 12 heavy (non-hydrogen) atoms. The zero-order valence-corrected chi connectivity index (χ0v) is 6.50. The van der Waals surface area contributed by atoms with Gasteiger partial charge in [0.15, 0.2) is 0 Å². The molecule has 1 aromatic rings. The summed E-state index contributed by atoms with van der Waals surface area (Å²) in [5.74, 6) is -0.422. The van der Waals surface area contributed by atoms with Crippen LogP contribution in [0.2, 0.25) is 0 Å². The lowest BCUT2D eigenvalue weighted by atomic mass is 10.1. The van der Waals surface area contributed by atoms with E-state index in [-0.39, 0.29) is 0 Å². The van der Waals surface area contributed by atoms with Crippen molar-refractivity contribution in [3.05, 3.63) is 23.5 Å². The average Bonchev–Trinajstić information content (AvgIpc) is 2.49. The van der Waals surface area contributed by atoms with Crippen molar-refractivity contribution in [2.75, 3.05) is 11.9 Å². The van der Waals surface area contributed by atoms with Gasteiger partial charge in [0.2, 0.25) is 0 Å². The van der Waals surface area contributed by atoms with E-state index in [0.717, 1.165) is 24.2 Å². The summed E-state index contributed by atoms with van der Waals surface area (Å²) < 4.78 is 0. The maximum atomic E-state index is 10.9. The van der Waals surface area contributed by atoms with E-state index < -0.39 is 5.91 Å². The fraction of sp³-hybridized carbons (Fsp3) is 0.250.